The van der Waals surface area contributed by atoms with Crippen molar-refractivity contribution in [3.8, 4) is 0 Å². The predicted molar refractivity (Wildman–Crippen MR) is 73.6 cm³/mol. The van der Waals surface area contributed by atoms with Crippen LogP contribution in [0.15, 0.2) is 41.1 Å². The number of aryl methyl sites for hydroxylation is 1. The van der Waals surface area contributed by atoms with E-state index in [0.717, 1.165) is 22.7 Å². The molecule has 0 N–H and O–H groups in total. The van der Waals surface area contributed by atoms with E-state index in [4.69, 9.17) is 0 Å². The first kappa shape index (κ1) is 12.0. The molecule has 3 nitrogen and oxygen atoms in total. The van der Waals surface area contributed by atoms with Crippen molar-refractivity contribution < 1.29 is 0 Å². The van der Waals surface area contributed by atoms with Crippen molar-refractivity contribution >= 4 is 27.6 Å². The molecule has 0 saturated carbocycles. The Morgan fingerprint density at radius 2 is 1.94 bits per heavy atom. The molecule has 4 heteroatoms. The summed E-state index contributed by atoms with van der Waals surface area (Å²) in [6.07, 6.45) is 3.53. The van der Waals surface area contributed by atoms with Gasteiger partial charge in [-0.15, -0.1) is 0 Å². The third kappa shape index (κ3) is 2.82. The van der Waals surface area contributed by atoms with Crippen LogP contribution in [-0.4, -0.2) is 16.5 Å². The van der Waals surface area contributed by atoms with Crippen molar-refractivity contribution in [3.63, 3.8) is 0 Å². The molecule has 0 aliphatic rings. The summed E-state index contributed by atoms with van der Waals surface area (Å²) < 4.78 is 0.890. The number of nitrogens with zero attached hydrogens (tertiary/aromatic N) is 3. The lowest BCUT2D eigenvalue weighted by Gasteiger charge is -2.21. The lowest BCUT2D eigenvalue weighted by Crippen LogP contribution is -2.18. The van der Waals surface area contributed by atoms with Gasteiger partial charge in [0.2, 0.25) is 5.95 Å². The summed E-state index contributed by atoms with van der Waals surface area (Å²) >= 11 is 3.34. The molecule has 2 aromatic rings. The summed E-state index contributed by atoms with van der Waals surface area (Å²) in [4.78, 5) is 10.7. The first-order valence-corrected chi connectivity index (χ1v) is 6.31. The summed E-state index contributed by atoms with van der Waals surface area (Å²) in [6.45, 7) is 5.01. The van der Waals surface area contributed by atoms with Gasteiger partial charge in [0.1, 0.15) is 0 Å². The summed E-state index contributed by atoms with van der Waals surface area (Å²) in [6, 6.07) is 8.34. The van der Waals surface area contributed by atoms with Gasteiger partial charge >= 0.3 is 0 Å². The van der Waals surface area contributed by atoms with E-state index in [1.54, 1.807) is 12.4 Å². The standard InChI is InChI=1S/C13H14BrN3/c1-3-17(12-6-4-5-10(2)7-12)13-15-8-11(14)9-16-13/h4-9H,3H2,1-2H3. The Morgan fingerprint density at radius 1 is 1.24 bits per heavy atom. The highest BCUT2D eigenvalue weighted by Crippen LogP contribution is 2.22. The molecule has 0 amide bonds. The number of halogens is 1. The van der Waals surface area contributed by atoms with Crippen molar-refractivity contribution in [2.24, 2.45) is 0 Å². The Kier molecular flexibility index (Phi) is 3.74. The maximum absolute atomic E-state index is 4.32. The van der Waals surface area contributed by atoms with E-state index in [-0.39, 0.29) is 0 Å². The number of anilines is 2. The zero-order chi connectivity index (χ0) is 12.3. The molecule has 0 aliphatic carbocycles. The van der Waals surface area contributed by atoms with Gasteiger partial charge in [-0.2, -0.15) is 0 Å². The third-order valence-electron chi connectivity index (χ3n) is 2.48. The number of rotatable bonds is 3. The van der Waals surface area contributed by atoms with Gasteiger partial charge < -0.3 is 4.90 Å². The van der Waals surface area contributed by atoms with Crippen molar-refractivity contribution in [1.29, 1.82) is 0 Å². The molecule has 0 radical (unpaired) electrons. The normalized spacial score (nSPS) is 10.3. The lowest BCUT2D eigenvalue weighted by atomic mass is 10.2. The van der Waals surface area contributed by atoms with Crippen LogP contribution in [-0.2, 0) is 0 Å². The predicted octanol–water partition coefficient (Wildman–Crippen LogP) is 3.71. The molecule has 0 aliphatic heterocycles. The number of hydrogen-bond acceptors (Lipinski definition) is 3. The number of aromatic nitrogens is 2. The van der Waals surface area contributed by atoms with E-state index < -0.39 is 0 Å². The van der Waals surface area contributed by atoms with Crippen LogP contribution in [0.25, 0.3) is 0 Å². The average molecular weight is 292 g/mol. The molecular weight excluding hydrogens is 278 g/mol. The second-order valence-electron chi connectivity index (χ2n) is 3.78. The molecule has 0 unspecified atom stereocenters. The van der Waals surface area contributed by atoms with E-state index in [9.17, 15) is 0 Å². The Bertz CT molecular complexity index is 496. The van der Waals surface area contributed by atoms with Crippen LogP contribution in [0.2, 0.25) is 0 Å². The van der Waals surface area contributed by atoms with E-state index in [2.05, 4.69) is 62.8 Å². The molecule has 0 saturated heterocycles. The summed E-state index contributed by atoms with van der Waals surface area (Å²) in [7, 11) is 0. The van der Waals surface area contributed by atoms with E-state index in [1.165, 1.54) is 5.56 Å². The highest BCUT2D eigenvalue weighted by molar-refractivity contribution is 9.10. The van der Waals surface area contributed by atoms with Crippen LogP contribution in [0.4, 0.5) is 11.6 Å². The highest BCUT2D eigenvalue weighted by atomic mass is 79.9. The zero-order valence-corrected chi connectivity index (χ0v) is 11.5. The quantitative estimate of drug-likeness (QED) is 0.863. The number of benzene rings is 1. The monoisotopic (exact) mass is 291 g/mol. The van der Waals surface area contributed by atoms with Gasteiger partial charge in [0, 0.05) is 24.6 Å². The fraction of sp³-hybridized carbons (Fsp3) is 0.231. The van der Waals surface area contributed by atoms with Crippen molar-refractivity contribution in [3.05, 3.63) is 46.7 Å². The summed E-state index contributed by atoms with van der Waals surface area (Å²) in [5.74, 6) is 0.723. The van der Waals surface area contributed by atoms with Gasteiger partial charge in [-0.25, -0.2) is 9.97 Å². The summed E-state index contributed by atoms with van der Waals surface area (Å²) in [5.41, 5.74) is 2.35. The van der Waals surface area contributed by atoms with Gasteiger partial charge in [-0.3, -0.25) is 0 Å². The van der Waals surface area contributed by atoms with Crippen molar-refractivity contribution in [2.75, 3.05) is 11.4 Å². The second-order valence-corrected chi connectivity index (χ2v) is 4.70. The maximum atomic E-state index is 4.32. The molecule has 1 aromatic heterocycles. The van der Waals surface area contributed by atoms with Gasteiger partial charge in [-0.05, 0) is 47.5 Å². The maximum Gasteiger partial charge on any atom is 0.229 e. The smallest absolute Gasteiger partial charge is 0.229 e. The van der Waals surface area contributed by atoms with Gasteiger partial charge in [-0.1, -0.05) is 12.1 Å². The highest BCUT2D eigenvalue weighted by Gasteiger charge is 2.09. The van der Waals surface area contributed by atoms with E-state index in [1.807, 2.05) is 6.07 Å². The minimum absolute atomic E-state index is 0.723. The topological polar surface area (TPSA) is 29.0 Å². The van der Waals surface area contributed by atoms with Crippen LogP contribution in [0.3, 0.4) is 0 Å². The Labute approximate surface area is 110 Å². The lowest BCUT2D eigenvalue weighted by molar-refractivity contribution is 0.942. The molecular formula is C13H14BrN3. The van der Waals surface area contributed by atoms with Crippen LogP contribution in [0.5, 0.6) is 0 Å². The van der Waals surface area contributed by atoms with Crippen LogP contribution >= 0.6 is 15.9 Å². The Hall–Kier alpha value is -1.42. The van der Waals surface area contributed by atoms with Gasteiger partial charge in [0.15, 0.2) is 0 Å². The zero-order valence-electron chi connectivity index (χ0n) is 9.89. The molecule has 0 spiro atoms. The fourth-order valence-corrected chi connectivity index (χ4v) is 1.88. The Morgan fingerprint density at radius 3 is 2.53 bits per heavy atom. The average Bonchev–Trinajstić information content (AvgIpc) is 2.33. The van der Waals surface area contributed by atoms with E-state index in [0.29, 0.717) is 0 Å². The minimum Gasteiger partial charge on any atom is -0.311 e. The Balaban J connectivity index is 2.36. The first-order valence-electron chi connectivity index (χ1n) is 5.52. The molecule has 0 bridgehead atoms. The van der Waals surface area contributed by atoms with Crippen molar-refractivity contribution in [1.82, 2.24) is 9.97 Å². The molecule has 17 heavy (non-hydrogen) atoms. The van der Waals surface area contributed by atoms with Gasteiger partial charge in [0.25, 0.3) is 0 Å². The SMILES string of the molecule is CCN(c1cccc(C)c1)c1ncc(Br)cn1. The molecule has 0 fully saturated rings. The molecule has 0 atom stereocenters. The number of hydrogen-bond donors (Lipinski definition) is 0. The van der Waals surface area contributed by atoms with Crippen LogP contribution in [0, 0.1) is 6.92 Å². The third-order valence-corrected chi connectivity index (χ3v) is 2.89. The molecule has 88 valence electrons. The fourth-order valence-electron chi connectivity index (χ4n) is 1.68. The first-order chi connectivity index (χ1) is 8.20. The van der Waals surface area contributed by atoms with Gasteiger partial charge in [0.05, 0.1) is 4.47 Å². The summed E-state index contributed by atoms with van der Waals surface area (Å²) in [5, 5.41) is 0. The van der Waals surface area contributed by atoms with Crippen LogP contribution in [0.1, 0.15) is 12.5 Å². The second kappa shape index (κ2) is 5.27. The minimum atomic E-state index is 0.723. The van der Waals surface area contributed by atoms with Crippen molar-refractivity contribution in [2.45, 2.75) is 13.8 Å². The van der Waals surface area contributed by atoms with Crippen LogP contribution < -0.4 is 4.90 Å². The molecule has 1 aromatic carbocycles. The molecule has 2 rings (SSSR count). The molecule has 1 heterocycles. The van der Waals surface area contributed by atoms with E-state index >= 15 is 0 Å². The largest absolute Gasteiger partial charge is 0.311 e.